The molecule has 0 spiro atoms. The Morgan fingerprint density at radius 2 is 1.21 bits per heavy atom. The van der Waals surface area contributed by atoms with Crippen molar-refractivity contribution in [1.29, 1.82) is 0 Å². The van der Waals surface area contributed by atoms with E-state index in [9.17, 15) is 33.6 Å². The molecule has 4 amide bonds. The van der Waals surface area contributed by atoms with E-state index in [4.69, 9.17) is 21.7 Å². The van der Waals surface area contributed by atoms with Crippen LogP contribution in [-0.2, 0) is 33.6 Å². The molecule has 0 aliphatic carbocycles. The highest BCUT2D eigenvalue weighted by Crippen LogP contribution is 2.08. The van der Waals surface area contributed by atoms with Crippen molar-refractivity contribution in [3.63, 3.8) is 0 Å². The summed E-state index contributed by atoms with van der Waals surface area (Å²) in [6, 6.07) is -5.82. The zero-order valence-electron chi connectivity index (χ0n) is 18.1. The lowest BCUT2D eigenvalue weighted by Crippen LogP contribution is -2.58. The fraction of sp³-hybridized carbons (Fsp3) is 0.611. The van der Waals surface area contributed by atoms with Crippen molar-refractivity contribution in [2.75, 3.05) is 0 Å². The standard InChI is InChI=1S/C18H29N5O9S/c1-7(2)3-9(16(30)23-11(18(32)33)6-14(27)28)22-17(31)10(5-12(20)24)21-15(29)8(19)4-13(25)26/h7-11H,3-6,19H2,1-2H3,(H2,20,24)(H,21,29)(H,22,31)(H,23,30)(H,25,26)(H,27,28)(H,32,33)/t8-,9-,10-,11-/m0/s1. The van der Waals surface area contributed by atoms with Crippen LogP contribution in [0.25, 0.3) is 0 Å². The van der Waals surface area contributed by atoms with E-state index in [1.165, 1.54) is 0 Å². The van der Waals surface area contributed by atoms with Gasteiger partial charge in [0.25, 0.3) is 0 Å². The molecule has 0 saturated heterocycles. The van der Waals surface area contributed by atoms with E-state index in [0.29, 0.717) is 0 Å². The molecule has 0 radical (unpaired) electrons. The first-order valence-corrected chi connectivity index (χ1v) is 10.2. The van der Waals surface area contributed by atoms with Crippen LogP contribution in [-0.4, -0.2) is 75.1 Å². The fourth-order valence-electron chi connectivity index (χ4n) is 2.59. The van der Waals surface area contributed by atoms with Crippen molar-refractivity contribution in [3.05, 3.63) is 0 Å². The molecule has 33 heavy (non-hydrogen) atoms. The van der Waals surface area contributed by atoms with Crippen molar-refractivity contribution in [2.45, 2.75) is 63.7 Å². The highest BCUT2D eigenvalue weighted by Gasteiger charge is 2.32. The number of carbonyl (C=O) groups excluding carboxylic acids is 5. The number of carboxylic acid groups (broad SMARTS) is 2. The second-order valence-electron chi connectivity index (χ2n) is 7.62. The minimum absolute atomic E-state index is 0.0495. The molecule has 0 unspecified atom stereocenters. The van der Waals surface area contributed by atoms with Gasteiger partial charge in [-0.25, -0.2) is 0 Å². The van der Waals surface area contributed by atoms with Gasteiger partial charge in [0, 0.05) is 0 Å². The topological polar surface area (TPSA) is 248 Å². The third-order valence-corrected chi connectivity index (χ3v) is 4.41. The average molecular weight is 492 g/mol. The molecule has 0 fully saturated rings. The van der Waals surface area contributed by atoms with Gasteiger partial charge in [-0.2, -0.15) is 0 Å². The summed E-state index contributed by atoms with van der Waals surface area (Å²) in [5.41, 5.74) is 10.5. The number of hydrogen-bond acceptors (Lipinski definition) is 8. The maximum absolute atomic E-state index is 12.7. The van der Waals surface area contributed by atoms with E-state index in [1.54, 1.807) is 13.8 Å². The molecule has 0 aromatic carbocycles. The van der Waals surface area contributed by atoms with Gasteiger partial charge in [0.15, 0.2) is 0 Å². The van der Waals surface area contributed by atoms with Crippen LogP contribution in [0.2, 0.25) is 0 Å². The molecule has 0 aromatic rings. The Kier molecular flexibility index (Phi) is 12.7. The number of carboxylic acids is 2. The summed E-state index contributed by atoms with van der Waals surface area (Å²) in [5.74, 6) is -6.79. The first-order valence-electron chi connectivity index (χ1n) is 9.75. The number of amides is 4. The largest absolute Gasteiger partial charge is 0.481 e. The maximum Gasteiger partial charge on any atom is 0.305 e. The van der Waals surface area contributed by atoms with Crippen LogP contribution in [0, 0.1) is 5.92 Å². The summed E-state index contributed by atoms with van der Waals surface area (Å²) < 4.78 is 0. The number of primary amides is 1. The Morgan fingerprint density at radius 1 is 0.758 bits per heavy atom. The van der Waals surface area contributed by atoms with Crippen LogP contribution in [0.4, 0.5) is 0 Å². The minimum Gasteiger partial charge on any atom is -0.481 e. The van der Waals surface area contributed by atoms with Gasteiger partial charge in [0.1, 0.15) is 18.1 Å². The number of thiol groups is 1. The molecular formula is C18H29N5O9S. The van der Waals surface area contributed by atoms with Gasteiger partial charge in [-0.3, -0.25) is 33.6 Å². The number of aliphatic carboxylic acids is 2. The van der Waals surface area contributed by atoms with E-state index in [-0.39, 0.29) is 12.3 Å². The first-order chi connectivity index (χ1) is 15.1. The lowest BCUT2D eigenvalue weighted by molar-refractivity contribution is -0.140. The molecule has 4 atom stereocenters. The highest BCUT2D eigenvalue weighted by atomic mass is 32.1. The van der Waals surface area contributed by atoms with E-state index in [0.717, 1.165) is 0 Å². The molecule has 15 heteroatoms. The lowest BCUT2D eigenvalue weighted by atomic mass is 10.0. The maximum atomic E-state index is 12.7. The molecule has 0 aliphatic rings. The number of hydrogen-bond donors (Lipinski definition) is 8. The lowest BCUT2D eigenvalue weighted by Gasteiger charge is -2.25. The molecule has 186 valence electrons. The zero-order chi connectivity index (χ0) is 25.9. The van der Waals surface area contributed by atoms with Gasteiger partial charge in [-0.05, 0) is 12.3 Å². The van der Waals surface area contributed by atoms with Gasteiger partial charge < -0.3 is 37.6 Å². The summed E-state index contributed by atoms with van der Waals surface area (Å²) in [6.07, 6.45) is -2.10. The summed E-state index contributed by atoms with van der Waals surface area (Å²) in [5, 5.41) is 23.3. The van der Waals surface area contributed by atoms with Gasteiger partial charge >= 0.3 is 11.9 Å². The Labute approximate surface area is 194 Å². The Bertz CT molecular complexity index is 789. The van der Waals surface area contributed by atoms with Crippen molar-refractivity contribution < 1.29 is 43.8 Å². The molecule has 0 bridgehead atoms. The highest BCUT2D eigenvalue weighted by molar-refractivity contribution is 7.96. The second-order valence-corrected chi connectivity index (χ2v) is 8.06. The van der Waals surface area contributed by atoms with Gasteiger partial charge in [-0.1, -0.05) is 13.8 Å². The second kappa shape index (κ2) is 14.1. The third-order valence-electron chi connectivity index (χ3n) is 4.10. The van der Waals surface area contributed by atoms with Crippen LogP contribution >= 0.6 is 12.6 Å². The van der Waals surface area contributed by atoms with Crippen LogP contribution in [0.15, 0.2) is 0 Å². The molecule has 9 N–H and O–H groups in total. The quantitative estimate of drug-likeness (QED) is 0.108. The van der Waals surface area contributed by atoms with Gasteiger partial charge in [-0.15, -0.1) is 12.6 Å². The number of rotatable bonds is 15. The van der Waals surface area contributed by atoms with Crippen LogP contribution in [0.3, 0.4) is 0 Å². The van der Waals surface area contributed by atoms with Crippen molar-refractivity contribution in [2.24, 2.45) is 17.4 Å². The average Bonchev–Trinajstić information content (AvgIpc) is 2.64. The summed E-state index contributed by atoms with van der Waals surface area (Å²) >= 11 is 3.54. The SMILES string of the molecule is CC(C)C[C@H](NC(=O)[C@H](CC(N)=O)NC(=O)[C@@H](N)CC(=O)O)C(=O)N[C@@H](CC(=O)O)C(=O)S. The Morgan fingerprint density at radius 3 is 1.64 bits per heavy atom. The van der Waals surface area contributed by atoms with Crippen molar-refractivity contribution >= 4 is 53.3 Å². The zero-order valence-corrected chi connectivity index (χ0v) is 19.0. The Balaban J connectivity index is 5.56. The van der Waals surface area contributed by atoms with Crippen LogP contribution in [0.5, 0.6) is 0 Å². The molecule has 14 nitrogen and oxygen atoms in total. The first kappa shape index (κ1) is 29.8. The van der Waals surface area contributed by atoms with E-state index < -0.39 is 84.1 Å². The monoisotopic (exact) mass is 491 g/mol. The van der Waals surface area contributed by atoms with Gasteiger partial charge in [0.05, 0.1) is 25.3 Å². The molecular weight excluding hydrogens is 462 g/mol. The summed E-state index contributed by atoms with van der Waals surface area (Å²) in [4.78, 5) is 81.9. The number of carbonyl (C=O) groups is 7. The third kappa shape index (κ3) is 12.4. The molecule has 0 aliphatic heterocycles. The van der Waals surface area contributed by atoms with Crippen LogP contribution in [0.1, 0.15) is 39.5 Å². The molecule has 0 heterocycles. The van der Waals surface area contributed by atoms with Crippen molar-refractivity contribution in [1.82, 2.24) is 16.0 Å². The predicted octanol–water partition coefficient (Wildman–Crippen LogP) is -2.90. The van der Waals surface area contributed by atoms with Crippen LogP contribution < -0.4 is 27.4 Å². The molecule has 0 aromatic heterocycles. The number of nitrogens with one attached hydrogen (secondary N) is 3. The summed E-state index contributed by atoms with van der Waals surface area (Å²) in [6.45, 7) is 3.44. The number of nitrogens with two attached hydrogens (primary N) is 2. The van der Waals surface area contributed by atoms with Gasteiger partial charge in [0.2, 0.25) is 28.7 Å². The Hall–Kier alpha value is -3.20. The predicted molar refractivity (Wildman–Crippen MR) is 116 cm³/mol. The fourth-order valence-corrected chi connectivity index (χ4v) is 2.75. The van der Waals surface area contributed by atoms with Crippen molar-refractivity contribution in [3.8, 4) is 0 Å². The molecule has 0 saturated carbocycles. The van der Waals surface area contributed by atoms with E-state index in [2.05, 4.69) is 28.6 Å². The van der Waals surface area contributed by atoms with E-state index in [1.807, 2.05) is 0 Å². The van der Waals surface area contributed by atoms with E-state index >= 15 is 0 Å². The minimum atomic E-state index is -1.57. The molecule has 0 rings (SSSR count). The summed E-state index contributed by atoms with van der Waals surface area (Å²) in [7, 11) is 0. The normalized spacial score (nSPS) is 14.3. The smallest absolute Gasteiger partial charge is 0.305 e.